The number of rotatable bonds is 2. The molecule has 0 fully saturated rings. The standard InChI is InChI=1S/C10H8BNO3/c1-2-14-10(13)9-7-4-3-6(11)5-8(7)15-12-9/h3-5H,2H2,1H3. The van der Waals surface area contributed by atoms with Gasteiger partial charge in [0.1, 0.15) is 7.85 Å². The molecule has 0 unspecified atom stereocenters. The van der Waals surface area contributed by atoms with Crippen molar-refractivity contribution in [3.63, 3.8) is 0 Å². The lowest BCUT2D eigenvalue weighted by molar-refractivity contribution is 0.0517. The number of fused-ring (bicyclic) bond motifs is 1. The first-order valence-corrected chi connectivity index (χ1v) is 4.54. The molecule has 0 bridgehead atoms. The molecule has 1 aromatic carbocycles. The smallest absolute Gasteiger partial charge is 0.361 e. The van der Waals surface area contributed by atoms with Gasteiger partial charge in [-0.25, -0.2) is 4.79 Å². The predicted molar refractivity (Wildman–Crippen MR) is 55.4 cm³/mol. The molecule has 0 aliphatic heterocycles. The molecule has 0 aliphatic rings. The van der Waals surface area contributed by atoms with E-state index < -0.39 is 5.97 Å². The quantitative estimate of drug-likeness (QED) is 0.532. The van der Waals surface area contributed by atoms with Gasteiger partial charge in [-0.3, -0.25) is 0 Å². The van der Waals surface area contributed by atoms with Crippen LogP contribution in [0.15, 0.2) is 22.7 Å². The number of hydrogen-bond acceptors (Lipinski definition) is 4. The van der Waals surface area contributed by atoms with Crippen molar-refractivity contribution in [1.82, 2.24) is 5.16 Å². The fourth-order valence-corrected chi connectivity index (χ4v) is 1.30. The van der Waals surface area contributed by atoms with Crippen molar-refractivity contribution >= 4 is 30.2 Å². The van der Waals surface area contributed by atoms with Crippen molar-refractivity contribution in [3.05, 3.63) is 23.9 Å². The third-order valence-electron chi connectivity index (χ3n) is 1.96. The number of esters is 1. The van der Waals surface area contributed by atoms with Crippen molar-refractivity contribution < 1.29 is 14.1 Å². The van der Waals surface area contributed by atoms with E-state index in [0.29, 0.717) is 23.0 Å². The topological polar surface area (TPSA) is 52.3 Å². The molecule has 0 saturated carbocycles. The van der Waals surface area contributed by atoms with Gasteiger partial charge in [0.15, 0.2) is 11.3 Å². The van der Waals surface area contributed by atoms with Gasteiger partial charge in [0.2, 0.25) is 0 Å². The zero-order valence-corrected chi connectivity index (χ0v) is 8.19. The summed E-state index contributed by atoms with van der Waals surface area (Å²) in [6.07, 6.45) is 0. The van der Waals surface area contributed by atoms with Crippen LogP contribution < -0.4 is 5.46 Å². The zero-order valence-electron chi connectivity index (χ0n) is 8.19. The first kappa shape index (κ1) is 9.77. The highest BCUT2D eigenvalue weighted by atomic mass is 16.5. The first-order chi connectivity index (χ1) is 7.22. The maximum atomic E-state index is 11.4. The molecular weight excluding hydrogens is 193 g/mol. The lowest BCUT2D eigenvalue weighted by Crippen LogP contribution is -2.05. The van der Waals surface area contributed by atoms with E-state index in [1.165, 1.54) is 0 Å². The minimum atomic E-state index is -0.485. The molecule has 2 aromatic rings. The SMILES string of the molecule is [B]c1ccc2c(C(=O)OCC)noc2c1. The van der Waals surface area contributed by atoms with Crippen LogP contribution in [0.1, 0.15) is 17.4 Å². The third-order valence-corrected chi connectivity index (χ3v) is 1.96. The second-order valence-corrected chi connectivity index (χ2v) is 3.01. The molecule has 1 aromatic heterocycles. The van der Waals surface area contributed by atoms with E-state index in [1.807, 2.05) is 0 Å². The molecule has 0 saturated heterocycles. The Labute approximate surface area is 87.6 Å². The zero-order chi connectivity index (χ0) is 10.8. The number of carbonyl (C=O) groups is 1. The summed E-state index contributed by atoms with van der Waals surface area (Å²) in [7, 11) is 5.56. The highest BCUT2D eigenvalue weighted by Gasteiger charge is 2.16. The lowest BCUT2D eigenvalue weighted by Gasteiger charge is -1.96. The molecule has 0 N–H and O–H groups in total. The van der Waals surface area contributed by atoms with Crippen LogP contribution in [0.2, 0.25) is 0 Å². The van der Waals surface area contributed by atoms with Crippen LogP contribution in [-0.4, -0.2) is 25.6 Å². The largest absolute Gasteiger partial charge is 0.461 e. The van der Waals surface area contributed by atoms with Crippen LogP contribution in [-0.2, 0) is 4.74 Å². The predicted octanol–water partition coefficient (Wildman–Crippen LogP) is 0.798. The first-order valence-electron chi connectivity index (χ1n) is 4.54. The Balaban J connectivity index is 2.49. The van der Waals surface area contributed by atoms with Gasteiger partial charge in [0, 0.05) is 0 Å². The van der Waals surface area contributed by atoms with Gasteiger partial charge in [-0.05, 0) is 19.1 Å². The molecule has 0 atom stereocenters. The molecule has 2 rings (SSSR count). The molecule has 1 heterocycles. The molecule has 0 spiro atoms. The van der Waals surface area contributed by atoms with E-state index in [1.54, 1.807) is 25.1 Å². The molecule has 5 heteroatoms. The highest BCUT2D eigenvalue weighted by Crippen LogP contribution is 2.17. The van der Waals surface area contributed by atoms with Crippen molar-refractivity contribution in [2.24, 2.45) is 0 Å². The van der Waals surface area contributed by atoms with E-state index >= 15 is 0 Å². The number of ether oxygens (including phenoxy) is 1. The number of carbonyl (C=O) groups excluding carboxylic acids is 1. The summed E-state index contributed by atoms with van der Waals surface area (Å²) in [5.41, 5.74) is 1.24. The number of aromatic nitrogens is 1. The Morgan fingerprint density at radius 3 is 3.13 bits per heavy atom. The van der Waals surface area contributed by atoms with Crippen LogP contribution in [0.4, 0.5) is 0 Å². The maximum Gasteiger partial charge on any atom is 0.361 e. The summed E-state index contributed by atoms with van der Waals surface area (Å²) < 4.78 is 9.80. The van der Waals surface area contributed by atoms with Crippen molar-refractivity contribution in [2.45, 2.75) is 6.92 Å². The summed E-state index contributed by atoms with van der Waals surface area (Å²) in [5.74, 6) is -0.485. The fourth-order valence-electron chi connectivity index (χ4n) is 1.30. The maximum absolute atomic E-state index is 11.4. The van der Waals surface area contributed by atoms with E-state index in [-0.39, 0.29) is 5.69 Å². The van der Waals surface area contributed by atoms with Crippen LogP contribution in [0, 0.1) is 0 Å². The monoisotopic (exact) mass is 201 g/mol. The number of benzene rings is 1. The molecule has 4 nitrogen and oxygen atoms in total. The van der Waals surface area contributed by atoms with Gasteiger partial charge >= 0.3 is 5.97 Å². The van der Waals surface area contributed by atoms with E-state index in [2.05, 4.69) is 5.16 Å². The van der Waals surface area contributed by atoms with E-state index in [9.17, 15) is 4.79 Å². The Kier molecular flexibility index (Phi) is 2.45. The van der Waals surface area contributed by atoms with Crippen molar-refractivity contribution in [2.75, 3.05) is 6.61 Å². The molecular formula is C10H8BNO3. The molecule has 74 valence electrons. The summed E-state index contributed by atoms with van der Waals surface area (Å²) in [4.78, 5) is 11.4. The third kappa shape index (κ3) is 1.72. The number of nitrogens with zero attached hydrogens (tertiary/aromatic N) is 1. The normalized spacial score (nSPS) is 10.5. The van der Waals surface area contributed by atoms with Gasteiger partial charge in [-0.15, -0.1) is 0 Å². The Bertz CT molecular complexity index is 506. The molecule has 0 aliphatic carbocycles. The summed E-state index contributed by atoms with van der Waals surface area (Å²) >= 11 is 0. The average Bonchev–Trinajstić information content (AvgIpc) is 2.60. The lowest BCUT2D eigenvalue weighted by atomic mass is 9.95. The van der Waals surface area contributed by atoms with Gasteiger partial charge in [0.25, 0.3) is 0 Å². The van der Waals surface area contributed by atoms with Crippen LogP contribution in [0.25, 0.3) is 11.0 Å². The van der Waals surface area contributed by atoms with Gasteiger partial charge in [0.05, 0.1) is 12.0 Å². The van der Waals surface area contributed by atoms with Gasteiger partial charge in [-0.2, -0.15) is 0 Å². The summed E-state index contributed by atoms with van der Waals surface area (Å²) in [6.45, 7) is 2.04. The Morgan fingerprint density at radius 2 is 2.40 bits per heavy atom. The van der Waals surface area contributed by atoms with Crippen LogP contribution in [0.3, 0.4) is 0 Å². The van der Waals surface area contributed by atoms with Gasteiger partial charge < -0.3 is 9.26 Å². The van der Waals surface area contributed by atoms with Crippen molar-refractivity contribution in [1.29, 1.82) is 0 Å². The van der Waals surface area contributed by atoms with Crippen molar-refractivity contribution in [3.8, 4) is 0 Å². The second kappa shape index (κ2) is 3.77. The molecule has 15 heavy (non-hydrogen) atoms. The van der Waals surface area contributed by atoms with E-state index in [4.69, 9.17) is 17.1 Å². The molecule has 2 radical (unpaired) electrons. The van der Waals surface area contributed by atoms with E-state index in [0.717, 1.165) is 0 Å². The second-order valence-electron chi connectivity index (χ2n) is 3.01. The Morgan fingerprint density at radius 1 is 1.60 bits per heavy atom. The summed E-state index contributed by atoms with van der Waals surface area (Å²) in [5, 5.41) is 4.26. The highest BCUT2D eigenvalue weighted by molar-refractivity contribution is 6.33. The minimum Gasteiger partial charge on any atom is -0.461 e. The average molecular weight is 201 g/mol. The van der Waals surface area contributed by atoms with Crippen LogP contribution in [0.5, 0.6) is 0 Å². The number of hydrogen-bond donors (Lipinski definition) is 0. The van der Waals surface area contributed by atoms with Gasteiger partial charge in [-0.1, -0.05) is 16.7 Å². The van der Waals surface area contributed by atoms with Crippen LogP contribution >= 0.6 is 0 Å². The molecule has 0 amide bonds. The fraction of sp³-hybridized carbons (Fsp3) is 0.200. The minimum absolute atomic E-state index is 0.187. The Hall–Kier alpha value is -1.78. The summed E-state index contributed by atoms with van der Waals surface area (Å²) in [6, 6.07) is 4.99.